The van der Waals surface area contributed by atoms with Crippen LogP contribution >= 0.6 is 0 Å². The Hall–Kier alpha value is -2.78. The van der Waals surface area contributed by atoms with E-state index in [0.717, 1.165) is 0 Å². The number of rotatable bonds is 3. The van der Waals surface area contributed by atoms with E-state index < -0.39 is 41.5 Å². The third-order valence-electron chi connectivity index (χ3n) is 4.86. The number of carbonyl (C=O) groups is 1. The van der Waals surface area contributed by atoms with Gasteiger partial charge in [-0.05, 0) is 19.1 Å². The van der Waals surface area contributed by atoms with Crippen LogP contribution in [0.15, 0.2) is 18.5 Å². The van der Waals surface area contributed by atoms with Gasteiger partial charge in [0.25, 0.3) is 0 Å². The monoisotopic (exact) mass is 360 g/mol. The molecule has 2 fully saturated rings. The van der Waals surface area contributed by atoms with Crippen LogP contribution in [0.1, 0.15) is 12.6 Å². The Morgan fingerprint density at radius 1 is 1.58 bits per heavy atom. The van der Waals surface area contributed by atoms with Gasteiger partial charge in [0, 0.05) is 0 Å². The molecule has 136 valence electrons. The number of anilines is 1. The van der Waals surface area contributed by atoms with Gasteiger partial charge in [-0.2, -0.15) is 10.4 Å². The SMILES string of the molecule is C[C@H](N)C(=O)OC1[C@H]2O[C@@](C#N)(c3ccc4c(N)ncnn34)[C@H](O)[C@@]12O. The molecule has 2 aliphatic rings. The minimum atomic E-state index is -1.91. The van der Waals surface area contributed by atoms with Crippen molar-refractivity contribution in [2.45, 2.75) is 42.5 Å². The number of nitriles is 1. The maximum Gasteiger partial charge on any atom is 0.323 e. The van der Waals surface area contributed by atoms with Crippen molar-refractivity contribution < 1.29 is 24.5 Å². The molecule has 6 atom stereocenters. The van der Waals surface area contributed by atoms with E-state index in [2.05, 4.69) is 10.1 Å². The van der Waals surface area contributed by atoms with E-state index in [9.17, 15) is 20.3 Å². The van der Waals surface area contributed by atoms with Gasteiger partial charge in [0.1, 0.15) is 36.2 Å². The standard InChI is InChI=1S/C15H16N6O5/c1-6(17)12(22)25-9-10-15(9,24)13(23)14(4-16,26-10)8-3-2-7-11(18)19-5-20-21(7)8/h2-3,5-6,9-10,13,23-24H,17H2,1H3,(H2,18,19,20)/t6-,9?,10+,13-,14-,15+/m0/s1. The lowest BCUT2D eigenvalue weighted by molar-refractivity contribution is -0.160. The molecule has 1 aliphatic heterocycles. The topological polar surface area (TPSA) is 182 Å². The van der Waals surface area contributed by atoms with Crippen molar-refractivity contribution in [1.82, 2.24) is 14.6 Å². The maximum absolute atomic E-state index is 11.6. The number of aliphatic hydroxyl groups is 2. The molecule has 6 N–H and O–H groups in total. The first-order valence-corrected chi connectivity index (χ1v) is 7.81. The molecule has 4 rings (SSSR count). The van der Waals surface area contributed by atoms with Crippen LogP contribution in [0.4, 0.5) is 5.82 Å². The van der Waals surface area contributed by atoms with Crippen molar-refractivity contribution in [3.8, 4) is 6.07 Å². The highest BCUT2D eigenvalue weighted by molar-refractivity contribution is 5.76. The molecule has 1 unspecified atom stereocenters. The average Bonchev–Trinajstić information content (AvgIpc) is 2.92. The van der Waals surface area contributed by atoms with Gasteiger partial charge in [-0.25, -0.2) is 9.50 Å². The van der Waals surface area contributed by atoms with Crippen LogP contribution in [0.3, 0.4) is 0 Å². The number of nitrogens with two attached hydrogens (primary N) is 2. The zero-order valence-corrected chi connectivity index (χ0v) is 13.6. The Morgan fingerprint density at radius 2 is 2.31 bits per heavy atom. The minimum Gasteiger partial charge on any atom is -0.455 e. The summed E-state index contributed by atoms with van der Waals surface area (Å²) in [4.78, 5) is 15.5. The predicted octanol–water partition coefficient (Wildman–Crippen LogP) is -2.21. The van der Waals surface area contributed by atoms with Gasteiger partial charge in [0.2, 0.25) is 5.60 Å². The zero-order chi connectivity index (χ0) is 18.9. The normalized spacial score (nSPS) is 36.3. The number of aromatic nitrogens is 3. The Balaban J connectivity index is 1.71. The van der Waals surface area contributed by atoms with E-state index in [1.165, 1.54) is 23.8 Å². The summed E-state index contributed by atoms with van der Waals surface area (Å²) >= 11 is 0. The van der Waals surface area contributed by atoms with E-state index in [-0.39, 0.29) is 11.5 Å². The lowest BCUT2D eigenvalue weighted by atomic mass is 9.90. The lowest BCUT2D eigenvalue weighted by Gasteiger charge is -2.29. The molecular weight excluding hydrogens is 344 g/mol. The van der Waals surface area contributed by atoms with Crippen LogP contribution in [0.2, 0.25) is 0 Å². The molecule has 0 aromatic carbocycles. The van der Waals surface area contributed by atoms with Crippen molar-refractivity contribution in [3.05, 3.63) is 24.2 Å². The summed E-state index contributed by atoms with van der Waals surface area (Å²) in [6.45, 7) is 1.43. The Kier molecular flexibility index (Phi) is 3.28. The van der Waals surface area contributed by atoms with E-state index in [0.29, 0.717) is 5.52 Å². The van der Waals surface area contributed by atoms with E-state index in [1.807, 2.05) is 6.07 Å². The second kappa shape index (κ2) is 5.12. The van der Waals surface area contributed by atoms with E-state index in [1.54, 1.807) is 6.07 Å². The molecular formula is C15H16N6O5. The summed E-state index contributed by atoms with van der Waals surface area (Å²) in [6.07, 6.45) is -2.67. The smallest absolute Gasteiger partial charge is 0.323 e. The number of hydrogen-bond acceptors (Lipinski definition) is 10. The third kappa shape index (κ3) is 1.86. The first-order chi connectivity index (χ1) is 12.3. The molecule has 3 heterocycles. The molecule has 11 heteroatoms. The van der Waals surface area contributed by atoms with Crippen molar-refractivity contribution in [1.29, 1.82) is 5.26 Å². The van der Waals surface area contributed by atoms with Crippen LogP contribution < -0.4 is 11.5 Å². The van der Waals surface area contributed by atoms with Gasteiger partial charge in [0.05, 0.1) is 5.69 Å². The van der Waals surface area contributed by atoms with Crippen LogP contribution in [0.25, 0.3) is 5.52 Å². The molecule has 0 bridgehead atoms. The van der Waals surface area contributed by atoms with Crippen molar-refractivity contribution >= 4 is 17.3 Å². The van der Waals surface area contributed by atoms with Gasteiger partial charge in [-0.3, -0.25) is 4.79 Å². The molecule has 1 aliphatic carbocycles. The Morgan fingerprint density at radius 3 is 2.88 bits per heavy atom. The Labute approximate surface area is 146 Å². The molecule has 1 saturated carbocycles. The average molecular weight is 360 g/mol. The van der Waals surface area contributed by atoms with Gasteiger partial charge in [-0.15, -0.1) is 0 Å². The predicted molar refractivity (Wildman–Crippen MR) is 84.0 cm³/mol. The van der Waals surface area contributed by atoms with Crippen molar-refractivity contribution in [2.24, 2.45) is 5.73 Å². The van der Waals surface area contributed by atoms with Crippen LogP contribution in [0.5, 0.6) is 0 Å². The summed E-state index contributed by atoms with van der Waals surface area (Å²) < 4.78 is 12.0. The fourth-order valence-corrected chi connectivity index (χ4v) is 3.36. The minimum absolute atomic E-state index is 0.175. The molecule has 1 saturated heterocycles. The third-order valence-corrected chi connectivity index (χ3v) is 4.86. The number of aliphatic hydroxyl groups excluding tert-OH is 1. The number of hydrogen-bond donors (Lipinski definition) is 4. The largest absolute Gasteiger partial charge is 0.455 e. The maximum atomic E-state index is 11.6. The number of carbonyl (C=O) groups excluding carboxylic acids is 1. The molecule has 11 nitrogen and oxygen atoms in total. The fourth-order valence-electron chi connectivity index (χ4n) is 3.36. The highest BCUT2D eigenvalue weighted by atomic mass is 16.6. The summed E-state index contributed by atoms with van der Waals surface area (Å²) in [6, 6.07) is 4.08. The highest BCUT2D eigenvalue weighted by Gasteiger charge is 2.84. The fraction of sp³-hybridized carbons (Fsp3) is 0.467. The zero-order valence-electron chi connectivity index (χ0n) is 13.6. The number of nitrogen functional groups attached to an aromatic ring is 1. The summed E-state index contributed by atoms with van der Waals surface area (Å²) in [7, 11) is 0. The Bertz CT molecular complexity index is 954. The molecule has 0 spiro atoms. The molecule has 2 aromatic rings. The van der Waals surface area contributed by atoms with Crippen LogP contribution in [-0.2, 0) is 19.9 Å². The molecule has 0 radical (unpaired) electrons. The molecule has 26 heavy (non-hydrogen) atoms. The number of ether oxygens (including phenoxy) is 2. The number of nitrogens with zero attached hydrogens (tertiary/aromatic N) is 4. The van der Waals surface area contributed by atoms with E-state index >= 15 is 0 Å². The first-order valence-electron chi connectivity index (χ1n) is 7.81. The van der Waals surface area contributed by atoms with Crippen molar-refractivity contribution in [3.63, 3.8) is 0 Å². The van der Waals surface area contributed by atoms with Gasteiger partial charge in [-0.1, -0.05) is 0 Å². The number of esters is 1. The van der Waals surface area contributed by atoms with Gasteiger partial charge < -0.3 is 31.2 Å². The summed E-state index contributed by atoms with van der Waals surface area (Å²) in [5, 5.41) is 35.2. The molecule has 2 aromatic heterocycles. The highest BCUT2D eigenvalue weighted by Crippen LogP contribution is 2.59. The van der Waals surface area contributed by atoms with Crippen LogP contribution in [0, 0.1) is 11.3 Å². The summed E-state index contributed by atoms with van der Waals surface area (Å²) in [5.41, 5.74) is 7.98. The quantitative estimate of drug-likeness (QED) is 0.438. The van der Waals surface area contributed by atoms with Crippen molar-refractivity contribution in [2.75, 3.05) is 5.73 Å². The second-order valence-corrected chi connectivity index (χ2v) is 6.48. The van der Waals surface area contributed by atoms with Crippen LogP contribution in [-0.4, -0.2) is 60.7 Å². The van der Waals surface area contributed by atoms with Gasteiger partial charge in [0.15, 0.2) is 17.5 Å². The molecule has 0 amide bonds. The first kappa shape index (κ1) is 16.7. The number of fused-ring (bicyclic) bond motifs is 2. The van der Waals surface area contributed by atoms with Gasteiger partial charge >= 0.3 is 5.97 Å². The van der Waals surface area contributed by atoms with E-state index in [4.69, 9.17) is 20.9 Å². The second-order valence-electron chi connectivity index (χ2n) is 6.48. The summed E-state index contributed by atoms with van der Waals surface area (Å²) in [5.74, 6) is -0.565. The lowest BCUT2D eigenvalue weighted by Crippen LogP contribution is -2.48.